The van der Waals surface area contributed by atoms with Crippen molar-refractivity contribution < 1.29 is 17.6 Å². The quantitative estimate of drug-likeness (QED) is 0.274. The maximum Gasteiger partial charge on any atom is 0.259 e. The molecule has 13 heteroatoms. The van der Waals surface area contributed by atoms with Crippen LogP contribution in [0.15, 0.2) is 59.8 Å². The summed E-state index contributed by atoms with van der Waals surface area (Å²) in [5, 5.41) is 7.98. The van der Waals surface area contributed by atoms with Gasteiger partial charge in [-0.15, -0.1) is 0 Å². The number of likely N-dealkylation sites (tertiary alicyclic amines) is 1. The van der Waals surface area contributed by atoms with Crippen molar-refractivity contribution in [2.75, 3.05) is 18.4 Å². The third-order valence-corrected chi connectivity index (χ3v) is 9.35. The van der Waals surface area contributed by atoms with E-state index in [-0.39, 0.29) is 44.6 Å². The van der Waals surface area contributed by atoms with Crippen LogP contribution < -0.4 is 10.0 Å². The summed E-state index contributed by atoms with van der Waals surface area (Å²) in [5.41, 5.74) is 0.925. The standard InChI is InChI=1S/C28H29Cl2FN6O3S/c1-28(2,3)35-41(39,40)23-16-33-37-25(34-22-6-4-5-21(29)24(22)30)20(15-32-26(23)37)27(38)36-13-11-18(12-14-36)17-7-9-19(31)10-8-17/h4-10,15-16,18,34-35H,11-14H2,1-3H3. The molecule has 216 valence electrons. The van der Waals surface area contributed by atoms with Crippen molar-refractivity contribution in [1.29, 1.82) is 0 Å². The lowest BCUT2D eigenvalue weighted by Gasteiger charge is -2.32. The summed E-state index contributed by atoms with van der Waals surface area (Å²) in [4.78, 5) is 19.8. The summed E-state index contributed by atoms with van der Waals surface area (Å²) >= 11 is 12.7. The smallest absolute Gasteiger partial charge is 0.259 e. The number of hydrogen-bond donors (Lipinski definition) is 2. The minimum absolute atomic E-state index is 0.0361. The van der Waals surface area contributed by atoms with Gasteiger partial charge in [0.2, 0.25) is 10.0 Å². The van der Waals surface area contributed by atoms with E-state index in [0.29, 0.717) is 36.6 Å². The van der Waals surface area contributed by atoms with Crippen LogP contribution in [0.25, 0.3) is 5.65 Å². The number of nitrogens with zero attached hydrogens (tertiary/aromatic N) is 4. The number of amides is 1. The molecule has 1 aliphatic rings. The molecule has 0 radical (unpaired) electrons. The summed E-state index contributed by atoms with van der Waals surface area (Å²) in [5.74, 6) is -0.183. The second kappa shape index (κ2) is 11.2. The molecule has 9 nitrogen and oxygen atoms in total. The largest absolute Gasteiger partial charge is 0.338 e. The first kappa shape index (κ1) is 29.2. The number of nitrogens with one attached hydrogen (secondary N) is 2. The van der Waals surface area contributed by atoms with Crippen LogP contribution in [0.1, 0.15) is 55.5 Å². The molecule has 0 unspecified atom stereocenters. The van der Waals surface area contributed by atoms with E-state index in [4.69, 9.17) is 23.2 Å². The zero-order valence-corrected chi connectivity index (χ0v) is 25.0. The second-order valence-corrected chi connectivity index (χ2v) is 13.4. The molecule has 1 saturated heterocycles. The number of benzene rings is 2. The third-order valence-electron chi connectivity index (χ3n) is 6.78. The number of aromatic nitrogens is 3. The molecule has 0 spiro atoms. The molecule has 3 heterocycles. The minimum atomic E-state index is -3.98. The highest BCUT2D eigenvalue weighted by atomic mass is 35.5. The molecule has 4 aromatic rings. The Morgan fingerprint density at radius 3 is 2.39 bits per heavy atom. The summed E-state index contributed by atoms with van der Waals surface area (Å²) in [6, 6.07) is 11.5. The number of carbonyl (C=O) groups excluding carboxylic acids is 1. The van der Waals surface area contributed by atoms with E-state index in [1.54, 1.807) is 56.0 Å². The molecule has 1 amide bonds. The summed E-state index contributed by atoms with van der Waals surface area (Å²) in [6.07, 6.45) is 3.96. The zero-order chi connectivity index (χ0) is 29.5. The number of fused-ring (bicyclic) bond motifs is 1. The highest BCUT2D eigenvalue weighted by Crippen LogP contribution is 2.35. The van der Waals surface area contributed by atoms with E-state index in [1.807, 2.05) is 0 Å². The molecule has 2 aromatic heterocycles. The van der Waals surface area contributed by atoms with Crippen molar-refractivity contribution >= 4 is 56.3 Å². The van der Waals surface area contributed by atoms with Gasteiger partial charge in [-0.05, 0) is 69.4 Å². The molecular weight excluding hydrogens is 590 g/mol. The Morgan fingerprint density at radius 2 is 1.73 bits per heavy atom. The van der Waals surface area contributed by atoms with Crippen LogP contribution in [-0.2, 0) is 10.0 Å². The fraction of sp³-hybridized carbons (Fsp3) is 0.321. The van der Waals surface area contributed by atoms with Gasteiger partial charge in [0.25, 0.3) is 5.91 Å². The Kier molecular flexibility index (Phi) is 7.99. The van der Waals surface area contributed by atoms with Gasteiger partial charge in [-0.25, -0.2) is 22.5 Å². The lowest BCUT2D eigenvalue weighted by Crippen LogP contribution is -2.40. The van der Waals surface area contributed by atoms with Crippen LogP contribution in [0, 0.1) is 5.82 Å². The number of carbonyl (C=O) groups is 1. The molecule has 41 heavy (non-hydrogen) atoms. The molecule has 0 saturated carbocycles. The molecule has 2 N–H and O–H groups in total. The molecule has 0 bridgehead atoms. The predicted molar refractivity (Wildman–Crippen MR) is 157 cm³/mol. The van der Waals surface area contributed by atoms with Gasteiger partial charge < -0.3 is 10.2 Å². The number of rotatable bonds is 6. The van der Waals surface area contributed by atoms with Gasteiger partial charge in [0, 0.05) is 24.8 Å². The Labute approximate surface area is 247 Å². The Hall–Kier alpha value is -3.25. The number of sulfonamides is 1. The van der Waals surface area contributed by atoms with Gasteiger partial charge in [0.05, 0.1) is 21.9 Å². The van der Waals surface area contributed by atoms with Gasteiger partial charge in [-0.1, -0.05) is 41.4 Å². The molecule has 0 atom stereocenters. The normalized spacial score (nSPS) is 14.9. The van der Waals surface area contributed by atoms with E-state index >= 15 is 0 Å². The number of hydrogen-bond acceptors (Lipinski definition) is 6. The molecule has 2 aromatic carbocycles. The van der Waals surface area contributed by atoms with Crippen molar-refractivity contribution in [3.63, 3.8) is 0 Å². The number of anilines is 2. The van der Waals surface area contributed by atoms with Crippen molar-refractivity contribution in [2.24, 2.45) is 0 Å². The third kappa shape index (κ3) is 6.18. The molecule has 1 fully saturated rings. The Morgan fingerprint density at radius 1 is 1.05 bits per heavy atom. The lowest BCUT2D eigenvalue weighted by molar-refractivity contribution is 0.0713. The van der Waals surface area contributed by atoms with Gasteiger partial charge in [0.1, 0.15) is 22.1 Å². The van der Waals surface area contributed by atoms with Crippen LogP contribution >= 0.6 is 23.2 Å². The fourth-order valence-corrected chi connectivity index (χ4v) is 6.71. The Balaban J connectivity index is 1.52. The first-order chi connectivity index (χ1) is 19.3. The second-order valence-electron chi connectivity index (χ2n) is 11.0. The van der Waals surface area contributed by atoms with E-state index in [2.05, 4.69) is 20.1 Å². The summed E-state index contributed by atoms with van der Waals surface area (Å²) in [6.45, 7) is 6.14. The summed E-state index contributed by atoms with van der Waals surface area (Å²) < 4.78 is 43.6. The first-order valence-electron chi connectivity index (χ1n) is 13.0. The maximum atomic E-state index is 13.9. The van der Waals surface area contributed by atoms with Crippen molar-refractivity contribution in [3.8, 4) is 0 Å². The fourth-order valence-electron chi connectivity index (χ4n) is 4.88. The minimum Gasteiger partial charge on any atom is -0.338 e. The molecule has 0 aliphatic carbocycles. The van der Waals surface area contributed by atoms with E-state index in [1.165, 1.54) is 29.0 Å². The zero-order valence-electron chi connectivity index (χ0n) is 22.7. The predicted octanol–water partition coefficient (Wildman–Crippen LogP) is 6.02. The Bertz CT molecular complexity index is 1710. The highest BCUT2D eigenvalue weighted by Gasteiger charge is 2.31. The van der Waals surface area contributed by atoms with Gasteiger partial charge >= 0.3 is 0 Å². The van der Waals surface area contributed by atoms with Gasteiger partial charge in [0.15, 0.2) is 5.65 Å². The first-order valence-corrected chi connectivity index (χ1v) is 15.2. The highest BCUT2D eigenvalue weighted by molar-refractivity contribution is 7.89. The lowest BCUT2D eigenvalue weighted by atomic mass is 9.89. The maximum absolute atomic E-state index is 13.9. The van der Waals surface area contributed by atoms with Crippen LogP contribution in [0.3, 0.4) is 0 Å². The number of halogens is 3. The molecule has 5 rings (SSSR count). The van der Waals surface area contributed by atoms with Crippen LogP contribution in [0.5, 0.6) is 0 Å². The topological polar surface area (TPSA) is 109 Å². The monoisotopic (exact) mass is 618 g/mol. The van der Waals surface area contributed by atoms with Crippen LogP contribution in [-0.4, -0.2) is 52.5 Å². The van der Waals surface area contributed by atoms with E-state index in [9.17, 15) is 17.6 Å². The van der Waals surface area contributed by atoms with Crippen molar-refractivity contribution in [1.82, 2.24) is 24.2 Å². The SMILES string of the molecule is CC(C)(C)NS(=O)(=O)c1cnn2c(Nc3cccc(Cl)c3Cl)c(C(=O)N3CCC(c4ccc(F)cc4)CC3)cnc12. The van der Waals surface area contributed by atoms with E-state index < -0.39 is 15.6 Å². The van der Waals surface area contributed by atoms with Gasteiger partial charge in [-0.3, -0.25) is 4.79 Å². The van der Waals surface area contributed by atoms with Crippen molar-refractivity contribution in [2.45, 2.75) is 50.0 Å². The molecule has 1 aliphatic heterocycles. The van der Waals surface area contributed by atoms with Crippen LogP contribution in [0.4, 0.5) is 15.9 Å². The average molecular weight is 620 g/mol. The molecular formula is C28H29Cl2FN6O3S. The van der Waals surface area contributed by atoms with E-state index in [0.717, 1.165) is 5.56 Å². The average Bonchev–Trinajstić information content (AvgIpc) is 3.36. The summed E-state index contributed by atoms with van der Waals surface area (Å²) in [7, 11) is -3.98. The van der Waals surface area contributed by atoms with Crippen molar-refractivity contribution in [3.05, 3.63) is 81.8 Å². The van der Waals surface area contributed by atoms with Crippen LogP contribution in [0.2, 0.25) is 10.0 Å². The number of piperidine rings is 1. The van der Waals surface area contributed by atoms with Gasteiger partial charge in [-0.2, -0.15) is 9.61 Å².